The summed E-state index contributed by atoms with van der Waals surface area (Å²) in [4.78, 5) is 22.1. The molecule has 0 aliphatic rings. The van der Waals surface area contributed by atoms with Crippen molar-refractivity contribution in [1.29, 1.82) is 0 Å². The maximum Gasteiger partial charge on any atom is 0.242 e. The summed E-state index contributed by atoms with van der Waals surface area (Å²) >= 11 is 0. The molecular formula is C11H22N2O2. The van der Waals surface area contributed by atoms with Gasteiger partial charge in [-0.25, -0.2) is 0 Å². The van der Waals surface area contributed by atoms with E-state index in [2.05, 4.69) is 17.6 Å². The van der Waals surface area contributed by atoms with E-state index in [9.17, 15) is 9.59 Å². The van der Waals surface area contributed by atoms with Crippen molar-refractivity contribution < 1.29 is 9.59 Å². The Hall–Kier alpha value is -1.06. The van der Waals surface area contributed by atoms with E-state index in [0.29, 0.717) is 6.54 Å². The monoisotopic (exact) mass is 214 g/mol. The lowest BCUT2D eigenvalue weighted by Gasteiger charge is -2.12. The van der Waals surface area contributed by atoms with Crippen LogP contribution in [0.25, 0.3) is 0 Å². The van der Waals surface area contributed by atoms with Crippen LogP contribution < -0.4 is 10.6 Å². The van der Waals surface area contributed by atoms with Gasteiger partial charge in [-0.15, -0.1) is 0 Å². The maximum absolute atomic E-state index is 11.4. The van der Waals surface area contributed by atoms with Gasteiger partial charge in [0.2, 0.25) is 11.8 Å². The van der Waals surface area contributed by atoms with Crippen LogP contribution in [0.4, 0.5) is 0 Å². The standard InChI is InChI=1S/C11H22N2O2/c1-4-5-6-7-8-12-11(15)9(2)13-10(3)14/h9H,4-8H2,1-3H3,(H,12,15)(H,13,14)/t9-/m1/s1. The van der Waals surface area contributed by atoms with Gasteiger partial charge in [0.15, 0.2) is 0 Å². The second kappa shape index (κ2) is 8.26. The molecule has 0 spiro atoms. The van der Waals surface area contributed by atoms with Gasteiger partial charge in [-0.05, 0) is 13.3 Å². The van der Waals surface area contributed by atoms with Gasteiger partial charge < -0.3 is 10.6 Å². The Morgan fingerprint density at radius 3 is 2.40 bits per heavy atom. The van der Waals surface area contributed by atoms with Crippen molar-refractivity contribution in [3.05, 3.63) is 0 Å². The topological polar surface area (TPSA) is 58.2 Å². The van der Waals surface area contributed by atoms with Crippen molar-refractivity contribution in [3.8, 4) is 0 Å². The van der Waals surface area contributed by atoms with E-state index in [1.165, 1.54) is 19.8 Å². The highest BCUT2D eigenvalue weighted by molar-refractivity contribution is 5.86. The molecule has 0 saturated carbocycles. The van der Waals surface area contributed by atoms with Crippen LogP contribution in [0.2, 0.25) is 0 Å². The smallest absolute Gasteiger partial charge is 0.242 e. The minimum absolute atomic E-state index is 0.110. The molecule has 2 amide bonds. The van der Waals surface area contributed by atoms with Gasteiger partial charge in [0.25, 0.3) is 0 Å². The van der Waals surface area contributed by atoms with Crippen LogP contribution in [0.3, 0.4) is 0 Å². The molecule has 0 aliphatic carbocycles. The predicted molar refractivity (Wildman–Crippen MR) is 60.4 cm³/mol. The predicted octanol–water partition coefficient (Wildman–Crippen LogP) is 1.21. The van der Waals surface area contributed by atoms with E-state index < -0.39 is 6.04 Å². The van der Waals surface area contributed by atoms with E-state index in [1.54, 1.807) is 6.92 Å². The van der Waals surface area contributed by atoms with Crippen molar-refractivity contribution in [1.82, 2.24) is 10.6 Å². The summed E-state index contributed by atoms with van der Waals surface area (Å²) in [6.45, 7) is 5.94. The third-order valence-corrected chi connectivity index (χ3v) is 2.14. The van der Waals surface area contributed by atoms with Crippen molar-refractivity contribution in [2.75, 3.05) is 6.54 Å². The Morgan fingerprint density at radius 2 is 1.87 bits per heavy atom. The summed E-state index contributed by atoms with van der Waals surface area (Å²) in [5.74, 6) is -0.287. The fourth-order valence-corrected chi connectivity index (χ4v) is 1.29. The van der Waals surface area contributed by atoms with Gasteiger partial charge in [0.05, 0.1) is 0 Å². The summed E-state index contributed by atoms with van der Waals surface area (Å²) in [6.07, 6.45) is 4.55. The lowest BCUT2D eigenvalue weighted by molar-refractivity contribution is -0.127. The molecule has 15 heavy (non-hydrogen) atoms. The molecule has 0 aromatic rings. The summed E-state index contributed by atoms with van der Waals surface area (Å²) in [5.41, 5.74) is 0. The second-order valence-corrected chi connectivity index (χ2v) is 3.77. The molecule has 0 bridgehead atoms. The molecule has 0 unspecified atom stereocenters. The lowest BCUT2D eigenvalue weighted by atomic mass is 10.2. The lowest BCUT2D eigenvalue weighted by Crippen LogP contribution is -2.44. The number of hydrogen-bond acceptors (Lipinski definition) is 2. The first kappa shape index (κ1) is 13.9. The number of rotatable bonds is 7. The van der Waals surface area contributed by atoms with Crippen molar-refractivity contribution >= 4 is 11.8 Å². The highest BCUT2D eigenvalue weighted by Gasteiger charge is 2.11. The summed E-state index contributed by atoms with van der Waals surface area (Å²) in [6, 6.07) is -0.436. The van der Waals surface area contributed by atoms with Gasteiger partial charge >= 0.3 is 0 Å². The number of amides is 2. The molecule has 4 heteroatoms. The van der Waals surface area contributed by atoms with Crippen LogP contribution in [0, 0.1) is 0 Å². The largest absolute Gasteiger partial charge is 0.354 e. The van der Waals surface area contributed by atoms with Gasteiger partial charge in [-0.1, -0.05) is 26.2 Å². The van der Waals surface area contributed by atoms with Crippen molar-refractivity contribution in [3.63, 3.8) is 0 Å². The zero-order valence-corrected chi connectivity index (χ0v) is 9.93. The van der Waals surface area contributed by atoms with E-state index >= 15 is 0 Å². The van der Waals surface area contributed by atoms with E-state index in [4.69, 9.17) is 0 Å². The third kappa shape index (κ3) is 7.97. The Morgan fingerprint density at radius 1 is 1.20 bits per heavy atom. The van der Waals surface area contributed by atoms with Crippen LogP contribution in [0.15, 0.2) is 0 Å². The Kier molecular flexibility index (Phi) is 7.68. The molecule has 0 radical (unpaired) electrons. The maximum atomic E-state index is 11.4. The number of hydrogen-bond donors (Lipinski definition) is 2. The first-order valence-corrected chi connectivity index (χ1v) is 5.62. The summed E-state index contributed by atoms with van der Waals surface area (Å²) in [7, 11) is 0. The Bertz CT molecular complexity index is 205. The number of nitrogens with one attached hydrogen (secondary N) is 2. The molecule has 88 valence electrons. The molecule has 2 N–H and O–H groups in total. The second-order valence-electron chi connectivity index (χ2n) is 3.77. The third-order valence-electron chi connectivity index (χ3n) is 2.14. The van der Waals surface area contributed by atoms with Crippen LogP contribution in [0.5, 0.6) is 0 Å². The first-order chi connectivity index (χ1) is 7.07. The van der Waals surface area contributed by atoms with Crippen LogP contribution in [-0.2, 0) is 9.59 Å². The molecule has 4 nitrogen and oxygen atoms in total. The van der Waals surface area contributed by atoms with Crippen LogP contribution in [-0.4, -0.2) is 24.4 Å². The van der Waals surface area contributed by atoms with Crippen molar-refractivity contribution in [2.24, 2.45) is 0 Å². The molecule has 1 atom stereocenters. The summed E-state index contributed by atoms with van der Waals surface area (Å²) in [5, 5.41) is 5.34. The highest BCUT2D eigenvalue weighted by atomic mass is 16.2. The Labute approximate surface area is 91.8 Å². The molecule has 0 rings (SSSR count). The van der Waals surface area contributed by atoms with Gasteiger partial charge in [-0.3, -0.25) is 9.59 Å². The quantitative estimate of drug-likeness (QED) is 0.626. The van der Waals surface area contributed by atoms with E-state index in [-0.39, 0.29) is 11.8 Å². The molecule has 0 heterocycles. The van der Waals surface area contributed by atoms with Gasteiger partial charge in [-0.2, -0.15) is 0 Å². The molecule has 0 aromatic heterocycles. The minimum Gasteiger partial charge on any atom is -0.354 e. The fourth-order valence-electron chi connectivity index (χ4n) is 1.29. The minimum atomic E-state index is -0.436. The normalized spacial score (nSPS) is 11.9. The average Bonchev–Trinajstić information content (AvgIpc) is 2.16. The Balaban J connectivity index is 3.51. The van der Waals surface area contributed by atoms with Crippen LogP contribution in [0.1, 0.15) is 46.5 Å². The zero-order valence-electron chi connectivity index (χ0n) is 9.93. The summed E-state index contributed by atoms with van der Waals surface area (Å²) < 4.78 is 0. The van der Waals surface area contributed by atoms with E-state index in [1.807, 2.05) is 0 Å². The zero-order chi connectivity index (χ0) is 11.7. The molecule has 0 aliphatic heterocycles. The number of carbonyl (C=O) groups is 2. The molecule has 0 fully saturated rings. The first-order valence-electron chi connectivity index (χ1n) is 5.62. The van der Waals surface area contributed by atoms with Crippen LogP contribution >= 0.6 is 0 Å². The number of carbonyl (C=O) groups excluding carboxylic acids is 2. The number of unbranched alkanes of at least 4 members (excludes halogenated alkanes) is 3. The molecule has 0 aromatic carbocycles. The van der Waals surface area contributed by atoms with Crippen molar-refractivity contribution in [2.45, 2.75) is 52.5 Å². The van der Waals surface area contributed by atoms with E-state index in [0.717, 1.165) is 12.8 Å². The average molecular weight is 214 g/mol. The SMILES string of the molecule is CCCCCCNC(=O)[C@@H](C)NC(C)=O. The molecule has 0 saturated heterocycles. The fraction of sp³-hybridized carbons (Fsp3) is 0.818. The highest BCUT2D eigenvalue weighted by Crippen LogP contribution is 1.97. The molecular weight excluding hydrogens is 192 g/mol. The van der Waals surface area contributed by atoms with Gasteiger partial charge in [0, 0.05) is 13.5 Å². The van der Waals surface area contributed by atoms with Gasteiger partial charge in [0.1, 0.15) is 6.04 Å².